The van der Waals surface area contributed by atoms with Crippen molar-refractivity contribution in [2.45, 2.75) is 83.1 Å². The number of para-hydroxylation sites is 4. The van der Waals surface area contributed by atoms with Crippen molar-refractivity contribution < 1.29 is 35.1 Å². The van der Waals surface area contributed by atoms with E-state index in [0.717, 1.165) is 46.9 Å². The van der Waals surface area contributed by atoms with Crippen molar-refractivity contribution in [3.63, 3.8) is 0 Å². The molecule has 0 aromatic heterocycles. The fourth-order valence-corrected chi connectivity index (χ4v) is 26.6. The minimum absolute atomic E-state index is 0.00318. The van der Waals surface area contributed by atoms with Crippen LogP contribution in [0.4, 0.5) is 80.6 Å². The third kappa shape index (κ3) is 18.0. The molecule has 14 rings (SSSR count). The maximum Gasteiger partial charge on any atom is 0.381 e. The van der Waals surface area contributed by atoms with Gasteiger partial charge in [0.1, 0.15) is 16.1 Å². The van der Waals surface area contributed by atoms with Gasteiger partial charge in [-0.25, -0.2) is 0 Å². The molecule has 0 N–H and O–H groups in total. The van der Waals surface area contributed by atoms with Crippen LogP contribution in [0.5, 0.6) is 0 Å². The van der Waals surface area contributed by atoms with Gasteiger partial charge in [0.2, 0.25) is 0 Å². The van der Waals surface area contributed by atoms with E-state index in [-0.39, 0.29) is 11.1 Å². The van der Waals surface area contributed by atoms with Gasteiger partial charge in [0, 0.05) is 84.8 Å². The largest absolute Gasteiger partial charge is 0.381 e. The summed E-state index contributed by atoms with van der Waals surface area (Å²) >= 11 is 0. The van der Waals surface area contributed by atoms with Crippen molar-refractivity contribution in [2.75, 3.05) is 47.8 Å². The molecule has 0 aliphatic carbocycles. The van der Waals surface area contributed by atoms with Crippen LogP contribution >= 0.6 is 0 Å². The third-order valence-electron chi connectivity index (χ3n) is 21.6. The van der Waals surface area contributed by atoms with E-state index in [1.165, 1.54) is 129 Å². The van der Waals surface area contributed by atoms with Gasteiger partial charge in [0.05, 0.1) is 0 Å². The minimum Gasteiger partial charge on any atom is -0.345 e. The molecule has 0 bridgehead atoms. The Hall–Kier alpha value is -10.8. The molecule has 1 aliphatic heterocycles. The smallest absolute Gasteiger partial charge is 0.345 e. The standard InChI is InChI=1S/C27H27NSi.C25H29NSi.C22H19F6NSi.C21H19F2N/c1-22-14-18-26(19-15-22)29(3,25-12-8-5-9-13-25)27-20-16-24(17-21-27)28(2)23-10-6-4-7-11-23;1-21-11-15-24(16-12-21)27(19-7-4-8-20-27)25-17-13-23(14-18-25)26(2)22-9-5-3-6-10-22;1-16-8-12-19(13-9-16)30(21(23,24)25,22(26,27)28)20-14-10-18(11-15-20)29(2)17-6-4-3-5-7-17;1-16-8-10-17(11-9-16)21(22,23)18-12-14-20(15-13-18)24(2)19-6-4-3-5-7-19/h4-21H,1-3H3;3,5-6,9-18H,4,7-8,19-20H2,1-2H3;3-15H,1-2H3;3-15H,1-2H3. The van der Waals surface area contributed by atoms with E-state index in [4.69, 9.17) is 0 Å². The molecule has 1 aliphatic rings. The predicted octanol–water partition coefficient (Wildman–Crippen LogP) is 21.8. The first-order valence-corrected chi connectivity index (χ1v) is 44.1. The van der Waals surface area contributed by atoms with Crippen LogP contribution in [0.3, 0.4) is 0 Å². The maximum atomic E-state index is 14.7. The van der Waals surface area contributed by atoms with Gasteiger partial charge in [-0.15, -0.1) is 0 Å². The lowest BCUT2D eigenvalue weighted by Gasteiger charge is -2.37. The average Bonchev–Trinajstić information content (AvgIpc) is 0.715. The zero-order valence-corrected chi connectivity index (χ0v) is 66.8. The van der Waals surface area contributed by atoms with E-state index in [1.807, 2.05) is 55.3 Å². The second-order valence-electron chi connectivity index (χ2n) is 28.7. The molecule has 1 atom stereocenters. The highest BCUT2D eigenvalue weighted by Gasteiger charge is 2.76. The molecule has 0 amide bonds. The molecule has 1 fully saturated rings. The lowest BCUT2D eigenvalue weighted by Crippen LogP contribution is -2.77. The third-order valence-corrected chi connectivity index (χ3v) is 35.4. The van der Waals surface area contributed by atoms with Crippen molar-refractivity contribution in [1.82, 2.24) is 0 Å². The molecule has 15 heteroatoms. The summed E-state index contributed by atoms with van der Waals surface area (Å²) in [5.41, 5.74) is 12.2. The Labute approximate surface area is 647 Å². The fourth-order valence-electron chi connectivity index (χ4n) is 14.7. The number of rotatable bonds is 17. The molecule has 13 aromatic rings. The Balaban J connectivity index is 0.000000146. The number of aryl methyl sites for hydroxylation is 4. The number of halogens is 8. The van der Waals surface area contributed by atoms with Crippen LogP contribution < -0.4 is 55.9 Å². The lowest BCUT2D eigenvalue weighted by molar-refractivity contribution is -0.107. The van der Waals surface area contributed by atoms with Crippen LogP contribution in [0.2, 0.25) is 18.6 Å². The van der Waals surface area contributed by atoms with E-state index >= 15 is 0 Å². The summed E-state index contributed by atoms with van der Waals surface area (Å²) in [6.07, 6.45) is 4.16. The number of hydrogen-bond acceptors (Lipinski definition) is 4. The van der Waals surface area contributed by atoms with Gasteiger partial charge in [-0.05, 0) is 163 Å². The molecule has 4 nitrogen and oxygen atoms in total. The topological polar surface area (TPSA) is 13.0 Å². The summed E-state index contributed by atoms with van der Waals surface area (Å²) in [4.78, 5) is 8.16. The van der Waals surface area contributed by atoms with Crippen LogP contribution in [-0.4, -0.2) is 64.0 Å². The summed E-state index contributed by atoms with van der Waals surface area (Å²) in [5, 5.41) is 6.08. The monoisotopic (exact) mass is 1530 g/mol. The molecular formula is C95H94F8N4Si3. The highest BCUT2D eigenvalue weighted by atomic mass is 28.3. The highest BCUT2D eigenvalue weighted by Crippen LogP contribution is 2.42. The van der Waals surface area contributed by atoms with E-state index in [1.54, 1.807) is 77.8 Å². The second kappa shape index (κ2) is 35.2. The van der Waals surface area contributed by atoms with E-state index in [0.29, 0.717) is 11.3 Å². The summed E-state index contributed by atoms with van der Waals surface area (Å²) in [6, 6.07) is 113. The van der Waals surface area contributed by atoms with Crippen molar-refractivity contribution in [2.24, 2.45) is 0 Å². The molecule has 562 valence electrons. The highest BCUT2D eigenvalue weighted by molar-refractivity contribution is 7.10. The maximum absolute atomic E-state index is 14.7. The number of hydrogen-bond donors (Lipinski definition) is 0. The molecule has 1 saturated heterocycles. The summed E-state index contributed by atoms with van der Waals surface area (Å²) in [7, 11) is -1.91. The van der Waals surface area contributed by atoms with Gasteiger partial charge < -0.3 is 19.6 Å². The van der Waals surface area contributed by atoms with E-state index in [9.17, 15) is 35.1 Å². The van der Waals surface area contributed by atoms with Gasteiger partial charge in [0.15, 0.2) is 0 Å². The quantitative estimate of drug-likeness (QED) is 0.0512. The first kappa shape index (κ1) is 80.2. The zero-order valence-electron chi connectivity index (χ0n) is 63.8. The van der Waals surface area contributed by atoms with Crippen molar-refractivity contribution in [3.8, 4) is 0 Å². The van der Waals surface area contributed by atoms with Gasteiger partial charge in [-0.1, -0.05) is 307 Å². The first-order valence-electron chi connectivity index (χ1n) is 37.2. The van der Waals surface area contributed by atoms with Gasteiger partial charge in [0.25, 0.3) is 5.92 Å². The number of anilines is 8. The minimum atomic E-state index is -6.13. The Bertz CT molecular complexity index is 4970. The average molecular weight is 1530 g/mol. The summed E-state index contributed by atoms with van der Waals surface area (Å²) in [6.45, 7) is 10.3. The van der Waals surface area contributed by atoms with Crippen molar-refractivity contribution in [1.29, 1.82) is 0 Å². The van der Waals surface area contributed by atoms with Crippen LogP contribution in [0, 0.1) is 27.7 Å². The molecule has 0 spiro atoms. The van der Waals surface area contributed by atoms with Crippen molar-refractivity contribution >= 4 is 106 Å². The molecule has 1 heterocycles. The number of nitrogens with zero attached hydrogens (tertiary/aromatic N) is 4. The van der Waals surface area contributed by atoms with Crippen LogP contribution in [0.25, 0.3) is 0 Å². The zero-order chi connectivity index (χ0) is 78.3. The van der Waals surface area contributed by atoms with Gasteiger partial charge in [-0.3, -0.25) is 0 Å². The van der Waals surface area contributed by atoms with E-state index < -0.39 is 52.1 Å². The summed E-state index contributed by atoms with van der Waals surface area (Å²) in [5.74, 6) is -13.9. The molecule has 0 radical (unpaired) electrons. The molecule has 0 saturated carbocycles. The normalized spacial score (nSPS) is 13.3. The van der Waals surface area contributed by atoms with Crippen molar-refractivity contribution in [3.05, 3.63) is 379 Å². The molecule has 1 unspecified atom stereocenters. The van der Waals surface area contributed by atoms with Crippen LogP contribution in [-0.2, 0) is 5.92 Å². The van der Waals surface area contributed by atoms with E-state index in [2.05, 4.69) is 232 Å². The van der Waals surface area contributed by atoms with Gasteiger partial charge >= 0.3 is 19.7 Å². The Morgan fingerprint density at radius 1 is 0.255 bits per heavy atom. The lowest BCUT2D eigenvalue weighted by atomic mass is 9.99. The predicted molar refractivity (Wildman–Crippen MR) is 454 cm³/mol. The fraction of sp³-hybridized carbons (Fsp3) is 0.179. The molecule has 13 aromatic carbocycles. The number of alkyl halides is 8. The number of benzene rings is 13. The Morgan fingerprint density at radius 2 is 0.473 bits per heavy atom. The van der Waals surface area contributed by atoms with Gasteiger partial charge in [-0.2, -0.15) is 35.1 Å². The molecular weight excluding hydrogens is 1430 g/mol. The Morgan fingerprint density at radius 3 is 0.791 bits per heavy atom. The van der Waals surface area contributed by atoms with Crippen LogP contribution in [0.15, 0.2) is 346 Å². The summed E-state index contributed by atoms with van der Waals surface area (Å²) < 4.78 is 115. The first-order chi connectivity index (χ1) is 52.7. The second-order valence-corrected chi connectivity index (χ2v) is 40.8. The SMILES string of the molecule is Cc1ccc(C(F)(F)c2ccc(N(C)c3ccccc3)cc2)cc1.Cc1ccc([Si](C)(c2ccccc2)c2ccc(N(C)c3ccccc3)cc2)cc1.Cc1ccc([Si](c2ccc(N(C)c3ccccc3)cc2)(C(F)(F)F)C(F)(F)F)cc1.Cc1ccc([Si]2(c3ccc(N(C)c4ccccc4)cc3)CCCCC2)cc1. The Kier molecular flexibility index (Phi) is 25.7. The van der Waals surface area contributed by atoms with Crippen LogP contribution in [0.1, 0.15) is 52.6 Å². The molecule has 110 heavy (non-hydrogen) atoms.